The monoisotopic (exact) mass is 293 g/mol. The van der Waals surface area contributed by atoms with Gasteiger partial charge < -0.3 is 9.84 Å². The molecule has 0 radical (unpaired) electrons. The van der Waals surface area contributed by atoms with Crippen LogP contribution in [0, 0.1) is 6.92 Å². The summed E-state index contributed by atoms with van der Waals surface area (Å²) in [5, 5.41) is 6.83. The largest absolute Gasteiger partial charge is 0.354 e. The van der Waals surface area contributed by atoms with E-state index in [1.54, 1.807) is 19.3 Å². The fraction of sp³-hybridized carbons (Fsp3) is 0.118. The van der Waals surface area contributed by atoms with Gasteiger partial charge in [-0.25, -0.2) is 0 Å². The molecule has 1 N–H and O–H groups in total. The molecule has 2 heterocycles. The summed E-state index contributed by atoms with van der Waals surface area (Å²) < 4.78 is 5.36. The van der Waals surface area contributed by atoms with Crippen LogP contribution in [0.1, 0.15) is 11.3 Å². The summed E-state index contributed by atoms with van der Waals surface area (Å²) in [6.07, 6.45) is 3.61. The van der Waals surface area contributed by atoms with Crippen molar-refractivity contribution in [2.45, 2.75) is 13.3 Å². The fourth-order valence-electron chi connectivity index (χ4n) is 2.18. The van der Waals surface area contributed by atoms with Crippen LogP contribution in [-0.4, -0.2) is 16.0 Å². The van der Waals surface area contributed by atoms with E-state index in [0.717, 1.165) is 11.1 Å². The number of hydrogen-bond donors (Lipinski definition) is 1. The van der Waals surface area contributed by atoms with Gasteiger partial charge in [-0.15, -0.1) is 0 Å². The number of carbonyl (C=O) groups is 1. The van der Waals surface area contributed by atoms with Gasteiger partial charge in [0.1, 0.15) is 11.4 Å². The minimum atomic E-state index is -0.128. The number of rotatable bonds is 4. The summed E-state index contributed by atoms with van der Waals surface area (Å²) in [6, 6.07) is 13.2. The molecule has 22 heavy (non-hydrogen) atoms. The maximum atomic E-state index is 12.2. The number of benzene rings is 1. The Labute approximate surface area is 128 Å². The maximum Gasteiger partial charge on any atom is 0.229 e. The quantitative estimate of drug-likeness (QED) is 0.802. The zero-order chi connectivity index (χ0) is 15.4. The lowest BCUT2D eigenvalue weighted by molar-refractivity contribution is -0.115. The highest BCUT2D eigenvalue weighted by Gasteiger charge is 2.17. The molecule has 0 aliphatic heterocycles. The first-order chi connectivity index (χ1) is 10.7. The molecule has 0 aliphatic rings. The second-order valence-corrected chi connectivity index (χ2v) is 4.92. The van der Waals surface area contributed by atoms with Crippen LogP contribution < -0.4 is 5.32 Å². The Balaban J connectivity index is 1.81. The Kier molecular flexibility index (Phi) is 3.96. The van der Waals surface area contributed by atoms with E-state index in [0.29, 0.717) is 17.1 Å². The number of nitrogens with one attached hydrogen (secondary N) is 1. The number of amides is 1. The Morgan fingerprint density at radius 1 is 1.18 bits per heavy atom. The van der Waals surface area contributed by atoms with Crippen LogP contribution in [0.4, 0.5) is 5.69 Å². The van der Waals surface area contributed by atoms with Crippen LogP contribution in [0.5, 0.6) is 0 Å². The molecular formula is C17H15N3O2. The molecule has 1 amide bonds. The Morgan fingerprint density at radius 3 is 2.73 bits per heavy atom. The number of pyridine rings is 1. The van der Waals surface area contributed by atoms with E-state index in [4.69, 9.17) is 4.52 Å². The van der Waals surface area contributed by atoms with E-state index in [-0.39, 0.29) is 12.3 Å². The summed E-state index contributed by atoms with van der Waals surface area (Å²) in [5.41, 5.74) is 2.99. The first kappa shape index (κ1) is 14.0. The van der Waals surface area contributed by atoms with E-state index in [1.807, 2.05) is 42.5 Å². The van der Waals surface area contributed by atoms with E-state index < -0.39 is 0 Å². The molecule has 5 heteroatoms. The van der Waals surface area contributed by atoms with E-state index in [1.165, 1.54) is 0 Å². The van der Waals surface area contributed by atoms with Gasteiger partial charge in [-0.2, -0.15) is 0 Å². The summed E-state index contributed by atoms with van der Waals surface area (Å²) in [6.45, 7) is 1.80. The van der Waals surface area contributed by atoms with Gasteiger partial charge in [-0.05, 0) is 18.6 Å². The normalized spacial score (nSPS) is 10.4. The maximum absolute atomic E-state index is 12.2. The lowest BCUT2D eigenvalue weighted by Crippen LogP contribution is -2.15. The second kappa shape index (κ2) is 6.22. The van der Waals surface area contributed by atoms with Gasteiger partial charge in [0.25, 0.3) is 0 Å². The summed E-state index contributed by atoms with van der Waals surface area (Å²) in [4.78, 5) is 16.2. The van der Waals surface area contributed by atoms with Crippen molar-refractivity contribution in [1.29, 1.82) is 0 Å². The third-order valence-electron chi connectivity index (χ3n) is 3.25. The summed E-state index contributed by atoms with van der Waals surface area (Å²) >= 11 is 0. The highest BCUT2D eigenvalue weighted by Crippen LogP contribution is 2.30. The van der Waals surface area contributed by atoms with Crippen LogP contribution in [-0.2, 0) is 11.2 Å². The van der Waals surface area contributed by atoms with Crippen molar-refractivity contribution < 1.29 is 9.32 Å². The standard InChI is InChI=1S/C17H15N3O2/c1-12-16(17(22-20-12)14-7-3-2-4-8-14)19-15(21)10-13-6-5-9-18-11-13/h2-9,11H,10H2,1H3,(H,19,21). The predicted molar refractivity (Wildman–Crippen MR) is 83.2 cm³/mol. The van der Waals surface area contributed by atoms with E-state index in [9.17, 15) is 4.79 Å². The van der Waals surface area contributed by atoms with Crippen molar-refractivity contribution in [3.05, 3.63) is 66.1 Å². The average Bonchev–Trinajstić information content (AvgIpc) is 2.90. The second-order valence-electron chi connectivity index (χ2n) is 4.92. The molecule has 0 bridgehead atoms. The Bertz CT molecular complexity index is 767. The first-order valence-electron chi connectivity index (χ1n) is 6.94. The van der Waals surface area contributed by atoms with Crippen molar-refractivity contribution in [1.82, 2.24) is 10.1 Å². The zero-order valence-electron chi connectivity index (χ0n) is 12.1. The SMILES string of the molecule is Cc1noc(-c2ccccc2)c1NC(=O)Cc1cccnc1. The molecule has 0 unspecified atom stereocenters. The van der Waals surface area contributed by atoms with Gasteiger partial charge in [-0.3, -0.25) is 9.78 Å². The van der Waals surface area contributed by atoms with Crippen molar-refractivity contribution >= 4 is 11.6 Å². The number of aryl methyl sites for hydroxylation is 1. The van der Waals surface area contributed by atoms with Crippen LogP contribution in [0.3, 0.4) is 0 Å². The average molecular weight is 293 g/mol. The predicted octanol–water partition coefficient (Wildman–Crippen LogP) is 3.23. The van der Waals surface area contributed by atoms with Crippen molar-refractivity contribution in [3.63, 3.8) is 0 Å². The molecule has 1 aromatic carbocycles. The minimum Gasteiger partial charge on any atom is -0.354 e. The molecule has 110 valence electrons. The molecule has 0 atom stereocenters. The third kappa shape index (κ3) is 3.03. The summed E-state index contributed by atoms with van der Waals surface area (Å²) in [7, 11) is 0. The molecule has 2 aromatic heterocycles. The lowest BCUT2D eigenvalue weighted by Gasteiger charge is -2.06. The summed E-state index contributed by atoms with van der Waals surface area (Å²) in [5.74, 6) is 0.439. The van der Waals surface area contributed by atoms with Gasteiger partial charge >= 0.3 is 0 Å². The Hall–Kier alpha value is -2.95. The number of nitrogens with zero attached hydrogens (tertiary/aromatic N) is 2. The zero-order valence-corrected chi connectivity index (χ0v) is 12.1. The molecule has 5 nitrogen and oxygen atoms in total. The van der Waals surface area contributed by atoms with Gasteiger partial charge in [0.05, 0.1) is 6.42 Å². The molecule has 0 saturated heterocycles. The lowest BCUT2D eigenvalue weighted by atomic mass is 10.1. The minimum absolute atomic E-state index is 0.128. The van der Waals surface area contributed by atoms with Gasteiger partial charge in [0.2, 0.25) is 5.91 Å². The number of carbonyl (C=O) groups excluding carboxylic acids is 1. The first-order valence-corrected chi connectivity index (χ1v) is 6.94. The van der Waals surface area contributed by atoms with Crippen LogP contribution >= 0.6 is 0 Å². The molecule has 3 rings (SSSR count). The van der Waals surface area contributed by atoms with Crippen molar-refractivity contribution in [3.8, 4) is 11.3 Å². The number of aromatic nitrogens is 2. The highest BCUT2D eigenvalue weighted by atomic mass is 16.5. The fourth-order valence-corrected chi connectivity index (χ4v) is 2.18. The molecule has 3 aromatic rings. The van der Waals surface area contributed by atoms with Gasteiger partial charge in [0, 0.05) is 18.0 Å². The van der Waals surface area contributed by atoms with Crippen molar-refractivity contribution in [2.75, 3.05) is 5.32 Å². The van der Waals surface area contributed by atoms with E-state index >= 15 is 0 Å². The number of anilines is 1. The highest BCUT2D eigenvalue weighted by molar-refractivity contribution is 5.96. The molecule has 0 saturated carbocycles. The van der Waals surface area contributed by atoms with Gasteiger partial charge in [0.15, 0.2) is 5.76 Å². The van der Waals surface area contributed by atoms with Crippen LogP contribution in [0.25, 0.3) is 11.3 Å². The van der Waals surface area contributed by atoms with Crippen LogP contribution in [0.15, 0.2) is 59.4 Å². The van der Waals surface area contributed by atoms with Crippen molar-refractivity contribution in [2.24, 2.45) is 0 Å². The smallest absolute Gasteiger partial charge is 0.229 e. The number of hydrogen-bond acceptors (Lipinski definition) is 4. The molecule has 0 aliphatic carbocycles. The third-order valence-corrected chi connectivity index (χ3v) is 3.25. The van der Waals surface area contributed by atoms with Crippen LogP contribution in [0.2, 0.25) is 0 Å². The van der Waals surface area contributed by atoms with Gasteiger partial charge in [-0.1, -0.05) is 41.6 Å². The molecule has 0 fully saturated rings. The Morgan fingerprint density at radius 2 is 2.00 bits per heavy atom. The molecule has 0 spiro atoms. The molecular weight excluding hydrogens is 278 g/mol. The topological polar surface area (TPSA) is 68.0 Å². The van der Waals surface area contributed by atoms with E-state index in [2.05, 4.69) is 15.5 Å².